The topological polar surface area (TPSA) is 90.2 Å². The Balaban J connectivity index is 2.52. The normalized spacial score (nSPS) is 45.8. The van der Waals surface area contributed by atoms with Gasteiger partial charge in [0.2, 0.25) is 0 Å². The van der Waals surface area contributed by atoms with E-state index in [1.165, 1.54) is 0 Å². The smallest absolute Gasteiger partial charge is 0.111 e. The van der Waals surface area contributed by atoms with Crippen LogP contribution in [0.15, 0.2) is 0 Å². The summed E-state index contributed by atoms with van der Waals surface area (Å²) >= 11 is 0. The fourth-order valence-electron chi connectivity index (χ4n) is 1.03. The number of aliphatic hydroxyl groups is 4. The quantitative estimate of drug-likeness (QED) is 0.343. The van der Waals surface area contributed by atoms with E-state index in [-0.39, 0.29) is 13.2 Å². The molecule has 66 valence electrons. The van der Waals surface area contributed by atoms with Crippen LogP contribution in [0.2, 0.25) is 0 Å². The highest BCUT2D eigenvalue weighted by Crippen LogP contribution is 2.14. The molecule has 5 heteroatoms. The number of aliphatic hydroxyl groups excluding tert-OH is 4. The second-order valence-electron chi connectivity index (χ2n) is 2.60. The second kappa shape index (κ2) is 3.46. The highest BCUT2D eigenvalue weighted by atomic mass is 16.5. The Morgan fingerprint density at radius 3 is 2.36 bits per heavy atom. The minimum Gasteiger partial charge on any atom is -0.394 e. The van der Waals surface area contributed by atoms with E-state index >= 15 is 0 Å². The minimum absolute atomic E-state index is 0.0521. The zero-order valence-corrected chi connectivity index (χ0v) is 5.92. The van der Waals surface area contributed by atoms with E-state index in [1.807, 2.05) is 0 Å². The lowest BCUT2D eigenvalue weighted by atomic mass is 10.0. The maximum absolute atomic E-state index is 9.11. The van der Waals surface area contributed by atoms with Crippen molar-refractivity contribution in [2.24, 2.45) is 0 Å². The lowest BCUT2D eigenvalue weighted by Crippen LogP contribution is -2.53. The summed E-state index contributed by atoms with van der Waals surface area (Å²) < 4.78 is 4.81. The summed E-state index contributed by atoms with van der Waals surface area (Å²) in [6.45, 7) is -0.408. The van der Waals surface area contributed by atoms with Crippen molar-refractivity contribution in [1.29, 1.82) is 0 Å². The van der Waals surface area contributed by atoms with Crippen molar-refractivity contribution >= 4 is 0 Å². The monoisotopic (exact) mass is 164 g/mol. The van der Waals surface area contributed by atoms with E-state index in [0.29, 0.717) is 0 Å². The van der Waals surface area contributed by atoms with Gasteiger partial charge >= 0.3 is 0 Å². The molecule has 5 nitrogen and oxygen atoms in total. The van der Waals surface area contributed by atoms with Crippen molar-refractivity contribution in [2.45, 2.75) is 24.4 Å². The summed E-state index contributed by atoms with van der Waals surface area (Å²) in [5.74, 6) is 0. The average molecular weight is 164 g/mol. The summed E-state index contributed by atoms with van der Waals surface area (Å²) in [6.07, 6.45) is -4.27. The molecule has 1 saturated heterocycles. The molecule has 1 rings (SSSR count). The van der Waals surface area contributed by atoms with Crippen LogP contribution in [0.25, 0.3) is 0 Å². The van der Waals surface area contributed by atoms with E-state index < -0.39 is 24.4 Å². The van der Waals surface area contributed by atoms with Gasteiger partial charge in [-0.1, -0.05) is 0 Å². The van der Waals surface area contributed by atoms with E-state index in [1.54, 1.807) is 0 Å². The predicted octanol–water partition coefficient (Wildman–Crippen LogP) is -2.54. The molecule has 1 fully saturated rings. The van der Waals surface area contributed by atoms with E-state index in [9.17, 15) is 0 Å². The minimum atomic E-state index is -1.22. The Morgan fingerprint density at radius 2 is 1.82 bits per heavy atom. The fraction of sp³-hybridized carbons (Fsp3) is 1.00. The van der Waals surface area contributed by atoms with Gasteiger partial charge in [-0.15, -0.1) is 0 Å². The SMILES string of the molecule is OC[C@@H]1OC[C@H](O)[C@H](O)[C@@H]1O. The molecular weight excluding hydrogens is 152 g/mol. The van der Waals surface area contributed by atoms with Gasteiger partial charge in [0.05, 0.1) is 13.2 Å². The molecule has 11 heavy (non-hydrogen) atoms. The molecule has 0 aromatic rings. The molecule has 0 bridgehead atoms. The van der Waals surface area contributed by atoms with Gasteiger partial charge in [-0.2, -0.15) is 0 Å². The highest BCUT2D eigenvalue weighted by molar-refractivity contribution is 4.85. The van der Waals surface area contributed by atoms with Crippen molar-refractivity contribution in [1.82, 2.24) is 0 Å². The van der Waals surface area contributed by atoms with Crippen molar-refractivity contribution in [2.75, 3.05) is 13.2 Å². The van der Waals surface area contributed by atoms with Crippen LogP contribution in [-0.4, -0.2) is 58.1 Å². The first kappa shape index (κ1) is 8.89. The Morgan fingerprint density at radius 1 is 1.18 bits per heavy atom. The van der Waals surface area contributed by atoms with Crippen LogP contribution in [0.4, 0.5) is 0 Å². The van der Waals surface area contributed by atoms with Gasteiger partial charge in [0.1, 0.15) is 24.4 Å². The summed E-state index contributed by atoms with van der Waals surface area (Å²) in [5.41, 5.74) is 0. The van der Waals surface area contributed by atoms with Gasteiger partial charge in [0.25, 0.3) is 0 Å². The van der Waals surface area contributed by atoms with Crippen molar-refractivity contribution in [3.63, 3.8) is 0 Å². The molecule has 0 unspecified atom stereocenters. The molecule has 1 aliphatic rings. The Labute approximate surface area is 63.8 Å². The van der Waals surface area contributed by atoms with Gasteiger partial charge in [-0.05, 0) is 0 Å². The van der Waals surface area contributed by atoms with Crippen molar-refractivity contribution in [3.05, 3.63) is 0 Å². The van der Waals surface area contributed by atoms with Gasteiger partial charge < -0.3 is 25.2 Å². The van der Waals surface area contributed by atoms with Crippen LogP contribution in [0.5, 0.6) is 0 Å². The van der Waals surface area contributed by atoms with E-state index in [0.717, 1.165) is 0 Å². The third-order valence-electron chi connectivity index (χ3n) is 1.79. The number of ether oxygens (including phenoxy) is 1. The maximum Gasteiger partial charge on any atom is 0.111 e. The molecular formula is C6H12O5. The maximum atomic E-state index is 9.11. The molecule has 0 aromatic carbocycles. The van der Waals surface area contributed by atoms with Crippen LogP contribution >= 0.6 is 0 Å². The number of rotatable bonds is 1. The molecule has 0 spiro atoms. The Hall–Kier alpha value is -0.200. The molecule has 1 heterocycles. The summed E-state index contributed by atoms with van der Waals surface area (Å²) in [4.78, 5) is 0. The second-order valence-corrected chi connectivity index (χ2v) is 2.60. The standard InChI is InChI=1S/C6H12O5/c7-1-4-6(10)5(9)3(8)2-11-4/h3-10H,1-2H2/t3-,4-,5-,6+/m0/s1. The first-order valence-electron chi connectivity index (χ1n) is 3.43. The summed E-state index contributed by atoms with van der Waals surface area (Å²) in [7, 11) is 0. The predicted molar refractivity (Wildman–Crippen MR) is 34.8 cm³/mol. The summed E-state index contributed by atoms with van der Waals surface area (Å²) in [5, 5.41) is 35.7. The van der Waals surface area contributed by atoms with E-state index in [4.69, 9.17) is 25.2 Å². The zero-order chi connectivity index (χ0) is 8.43. The highest BCUT2D eigenvalue weighted by Gasteiger charge is 2.36. The molecule has 0 radical (unpaired) electrons. The molecule has 4 atom stereocenters. The molecule has 0 amide bonds. The molecule has 0 aliphatic carbocycles. The number of hydrogen-bond donors (Lipinski definition) is 4. The Bertz CT molecular complexity index is 126. The Kier molecular flexibility index (Phi) is 2.80. The van der Waals surface area contributed by atoms with Crippen LogP contribution in [0.1, 0.15) is 0 Å². The van der Waals surface area contributed by atoms with Gasteiger partial charge in [0, 0.05) is 0 Å². The first-order valence-corrected chi connectivity index (χ1v) is 3.43. The fourth-order valence-corrected chi connectivity index (χ4v) is 1.03. The van der Waals surface area contributed by atoms with Gasteiger partial charge in [0.15, 0.2) is 0 Å². The van der Waals surface area contributed by atoms with Gasteiger partial charge in [-0.3, -0.25) is 0 Å². The average Bonchev–Trinajstić information content (AvgIpc) is 2.01. The zero-order valence-electron chi connectivity index (χ0n) is 5.92. The van der Waals surface area contributed by atoms with Crippen LogP contribution in [-0.2, 0) is 4.74 Å². The lowest BCUT2D eigenvalue weighted by molar-refractivity contribution is -0.195. The van der Waals surface area contributed by atoms with Crippen molar-refractivity contribution < 1.29 is 25.2 Å². The molecule has 4 N–H and O–H groups in total. The van der Waals surface area contributed by atoms with Crippen LogP contribution in [0.3, 0.4) is 0 Å². The van der Waals surface area contributed by atoms with Crippen LogP contribution in [0, 0.1) is 0 Å². The first-order chi connectivity index (χ1) is 5.16. The number of hydrogen-bond acceptors (Lipinski definition) is 5. The largest absolute Gasteiger partial charge is 0.394 e. The van der Waals surface area contributed by atoms with E-state index in [2.05, 4.69) is 0 Å². The molecule has 0 saturated carbocycles. The third-order valence-corrected chi connectivity index (χ3v) is 1.79. The van der Waals surface area contributed by atoms with Crippen molar-refractivity contribution in [3.8, 4) is 0 Å². The van der Waals surface area contributed by atoms with Crippen LogP contribution < -0.4 is 0 Å². The molecule has 1 aliphatic heterocycles. The summed E-state index contributed by atoms with van der Waals surface area (Å²) in [6, 6.07) is 0. The van der Waals surface area contributed by atoms with Gasteiger partial charge in [-0.25, -0.2) is 0 Å². The molecule has 0 aromatic heterocycles. The third kappa shape index (κ3) is 1.69. The lowest BCUT2D eigenvalue weighted by Gasteiger charge is -2.34.